The third kappa shape index (κ3) is 5.24. The van der Waals surface area contributed by atoms with Gasteiger partial charge in [0.1, 0.15) is 11.5 Å². The van der Waals surface area contributed by atoms with Crippen LogP contribution in [-0.4, -0.2) is 48.1 Å². The second-order valence-corrected chi connectivity index (χ2v) is 9.55. The Hall–Kier alpha value is -2.54. The first kappa shape index (κ1) is 26.1. The van der Waals surface area contributed by atoms with Gasteiger partial charge in [0.2, 0.25) is 0 Å². The summed E-state index contributed by atoms with van der Waals surface area (Å²) in [5, 5.41) is 11.8. The zero-order valence-corrected chi connectivity index (χ0v) is 21.4. The Labute approximate surface area is 210 Å². The SMILES string of the molecule is COc1c(Cl)cc(Cl)cc1/C(O)=C1\C(=O)C(=O)N(CCOC(C)C)C1c1ccc(C(C)C)cc1. The molecule has 1 fully saturated rings. The van der Waals surface area contributed by atoms with Crippen LogP contribution in [0, 0.1) is 0 Å². The normalized spacial score (nSPS) is 17.8. The van der Waals surface area contributed by atoms with Gasteiger partial charge in [-0.3, -0.25) is 9.59 Å². The predicted octanol–water partition coefficient (Wildman–Crippen LogP) is 5.97. The lowest BCUT2D eigenvalue weighted by Crippen LogP contribution is -2.33. The molecule has 1 saturated heterocycles. The average Bonchev–Trinajstić information content (AvgIpc) is 3.03. The number of rotatable bonds is 8. The van der Waals surface area contributed by atoms with Gasteiger partial charge in [0.05, 0.1) is 42.0 Å². The largest absolute Gasteiger partial charge is 0.507 e. The summed E-state index contributed by atoms with van der Waals surface area (Å²) in [6, 6.07) is 9.79. The third-order valence-electron chi connectivity index (χ3n) is 5.71. The minimum atomic E-state index is -0.806. The summed E-state index contributed by atoms with van der Waals surface area (Å²) in [5.41, 5.74) is 1.90. The maximum atomic E-state index is 13.2. The molecule has 0 radical (unpaired) electrons. The first-order valence-electron chi connectivity index (χ1n) is 11.1. The molecule has 0 spiro atoms. The van der Waals surface area contributed by atoms with E-state index in [0.717, 1.165) is 5.56 Å². The van der Waals surface area contributed by atoms with Gasteiger partial charge in [-0.1, -0.05) is 61.3 Å². The topological polar surface area (TPSA) is 76.1 Å². The van der Waals surface area contributed by atoms with Crippen LogP contribution in [0.3, 0.4) is 0 Å². The Balaban J connectivity index is 2.19. The monoisotopic (exact) mass is 505 g/mol. The number of halogens is 2. The Kier molecular flexibility index (Phi) is 8.29. The van der Waals surface area contributed by atoms with Crippen LogP contribution in [0.4, 0.5) is 0 Å². The minimum Gasteiger partial charge on any atom is -0.507 e. The van der Waals surface area contributed by atoms with Crippen molar-refractivity contribution in [2.24, 2.45) is 0 Å². The number of ether oxygens (including phenoxy) is 2. The van der Waals surface area contributed by atoms with E-state index in [0.29, 0.717) is 11.5 Å². The number of methoxy groups -OCH3 is 1. The molecule has 34 heavy (non-hydrogen) atoms. The number of nitrogens with zero attached hydrogens (tertiary/aromatic N) is 1. The molecule has 0 saturated carbocycles. The molecule has 1 aliphatic heterocycles. The number of aliphatic hydroxyl groups excluding tert-OH is 1. The van der Waals surface area contributed by atoms with Crippen LogP contribution in [-0.2, 0) is 14.3 Å². The van der Waals surface area contributed by atoms with Crippen molar-refractivity contribution in [1.29, 1.82) is 0 Å². The maximum absolute atomic E-state index is 13.2. The molecule has 3 rings (SSSR count). The zero-order valence-electron chi connectivity index (χ0n) is 19.9. The van der Waals surface area contributed by atoms with Crippen molar-refractivity contribution >= 4 is 40.7 Å². The Morgan fingerprint density at radius 2 is 1.74 bits per heavy atom. The Bertz CT molecular complexity index is 1110. The predicted molar refractivity (Wildman–Crippen MR) is 134 cm³/mol. The Morgan fingerprint density at radius 1 is 1.09 bits per heavy atom. The Morgan fingerprint density at radius 3 is 2.29 bits per heavy atom. The number of Topliss-reactive ketones (excluding diaryl/α,β-unsaturated/α-hetero) is 1. The second kappa shape index (κ2) is 10.8. The van der Waals surface area contributed by atoms with Gasteiger partial charge in [-0.05, 0) is 43.0 Å². The lowest BCUT2D eigenvalue weighted by atomic mass is 9.93. The lowest BCUT2D eigenvalue weighted by molar-refractivity contribution is -0.140. The number of ketones is 1. The van der Waals surface area contributed by atoms with E-state index in [2.05, 4.69) is 13.8 Å². The van der Waals surface area contributed by atoms with Gasteiger partial charge in [0, 0.05) is 11.6 Å². The number of benzene rings is 2. The van der Waals surface area contributed by atoms with Crippen molar-refractivity contribution in [2.75, 3.05) is 20.3 Å². The smallest absolute Gasteiger partial charge is 0.295 e. The zero-order chi connectivity index (χ0) is 25.2. The highest BCUT2D eigenvalue weighted by Gasteiger charge is 2.46. The van der Waals surface area contributed by atoms with Crippen LogP contribution in [0.1, 0.15) is 56.3 Å². The number of hydrogen-bond acceptors (Lipinski definition) is 5. The highest BCUT2D eigenvalue weighted by atomic mass is 35.5. The van der Waals surface area contributed by atoms with E-state index in [1.54, 1.807) is 0 Å². The van der Waals surface area contributed by atoms with E-state index in [4.69, 9.17) is 32.7 Å². The summed E-state index contributed by atoms with van der Waals surface area (Å²) >= 11 is 12.4. The molecule has 6 nitrogen and oxygen atoms in total. The summed E-state index contributed by atoms with van der Waals surface area (Å²) in [6.45, 7) is 8.39. The molecule has 2 aromatic carbocycles. The number of carbonyl (C=O) groups excluding carboxylic acids is 2. The molecule has 0 aliphatic carbocycles. The van der Waals surface area contributed by atoms with E-state index in [1.165, 1.54) is 24.1 Å². The van der Waals surface area contributed by atoms with Crippen LogP contribution in [0.5, 0.6) is 5.75 Å². The summed E-state index contributed by atoms with van der Waals surface area (Å²) < 4.78 is 11.0. The van der Waals surface area contributed by atoms with Gasteiger partial charge in [-0.2, -0.15) is 0 Å². The summed E-state index contributed by atoms with van der Waals surface area (Å²) in [4.78, 5) is 27.7. The maximum Gasteiger partial charge on any atom is 0.295 e. The molecule has 1 amide bonds. The van der Waals surface area contributed by atoms with Crippen molar-refractivity contribution in [3.8, 4) is 5.75 Å². The number of amides is 1. The summed E-state index contributed by atoms with van der Waals surface area (Å²) in [5.74, 6) is -1.42. The van der Waals surface area contributed by atoms with Crippen LogP contribution in [0.25, 0.3) is 5.76 Å². The highest BCUT2D eigenvalue weighted by molar-refractivity contribution is 6.46. The van der Waals surface area contributed by atoms with E-state index < -0.39 is 23.5 Å². The van der Waals surface area contributed by atoms with Crippen LogP contribution in [0.2, 0.25) is 10.0 Å². The fraction of sp³-hybridized carbons (Fsp3) is 0.385. The number of likely N-dealkylation sites (tertiary alicyclic amines) is 1. The summed E-state index contributed by atoms with van der Waals surface area (Å²) in [6.07, 6.45) is -0.0292. The molecule has 0 bridgehead atoms. The molecule has 182 valence electrons. The van der Waals surface area contributed by atoms with Gasteiger partial charge in [-0.25, -0.2) is 0 Å². The van der Waals surface area contributed by atoms with E-state index in [1.807, 2.05) is 38.1 Å². The molecule has 1 N–H and O–H groups in total. The second-order valence-electron chi connectivity index (χ2n) is 8.70. The first-order valence-corrected chi connectivity index (χ1v) is 11.9. The molecule has 0 aromatic heterocycles. The summed E-state index contributed by atoms with van der Waals surface area (Å²) in [7, 11) is 1.40. The standard InChI is InChI=1S/C26H29Cl2NO5/c1-14(2)16-6-8-17(9-7-16)22-21(24(31)26(32)29(22)10-11-34-15(3)4)23(30)19-12-18(27)13-20(28)25(19)33-5/h6-9,12-15,22,30H,10-11H2,1-5H3/b23-21+. The van der Waals surface area contributed by atoms with Gasteiger partial charge in [0.15, 0.2) is 0 Å². The highest BCUT2D eigenvalue weighted by Crippen LogP contribution is 2.43. The molecule has 1 aliphatic rings. The number of carbonyl (C=O) groups is 2. The molecule has 1 unspecified atom stereocenters. The van der Waals surface area contributed by atoms with Gasteiger partial charge < -0.3 is 19.5 Å². The molecule has 1 heterocycles. The van der Waals surface area contributed by atoms with Crippen molar-refractivity contribution < 1.29 is 24.2 Å². The van der Waals surface area contributed by atoms with E-state index in [-0.39, 0.29) is 46.2 Å². The fourth-order valence-corrected chi connectivity index (χ4v) is 4.57. The number of hydrogen-bond donors (Lipinski definition) is 1. The van der Waals surface area contributed by atoms with Crippen LogP contribution < -0.4 is 4.74 Å². The van der Waals surface area contributed by atoms with Crippen molar-refractivity contribution in [1.82, 2.24) is 4.90 Å². The number of aliphatic hydroxyl groups is 1. The molecule has 2 aromatic rings. The minimum absolute atomic E-state index is 0.0292. The fourth-order valence-electron chi connectivity index (χ4n) is 4.00. The van der Waals surface area contributed by atoms with Crippen molar-refractivity contribution in [2.45, 2.75) is 45.8 Å². The molecular weight excluding hydrogens is 477 g/mol. The van der Waals surface area contributed by atoms with E-state index in [9.17, 15) is 14.7 Å². The van der Waals surface area contributed by atoms with Crippen LogP contribution >= 0.6 is 23.2 Å². The molecule has 1 atom stereocenters. The van der Waals surface area contributed by atoms with Crippen molar-refractivity contribution in [3.63, 3.8) is 0 Å². The van der Waals surface area contributed by atoms with Gasteiger partial charge in [0.25, 0.3) is 11.7 Å². The lowest BCUT2D eigenvalue weighted by Gasteiger charge is -2.26. The third-order valence-corrected chi connectivity index (χ3v) is 6.21. The van der Waals surface area contributed by atoms with E-state index >= 15 is 0 Å². The molecular formula is C26H29Cl2NO5. The quantitative estimate of drug-likeness (QED) is 0.271. The average molecular weight is 506 g/mol. The molecule has 8 heteroatoms. The van der Waals surface area contributed by atoms with Crippen LogP contribution in [0.15, 0.2) is 42.0 Å². The van der Waals surface area contributed by atoms with Gasteiger partial charge in [-0.15, -0.1) is 0 Å². The van der Waals surface area contributed by atoms with Crippen molar-refractivity contribution in [3.05, 3.63) is 68.7 Å². The van der Waals surface area contributed by atoms with Gasteiger partial charge >= 0.3 is 0 Å². The first-order chi connectivity index (χ1) is 16.1.